The molecule has 0 radical (unpaired) electrons. The number of halogens is 1. The summed E-state index contributed by atoms with van der Waals surface area (Å²) in [6.07, 6.45) is 9.35. The number of piperidine rings is 1. The second-order valence-electron chi connectivity index (χ2n) is 19.7. The third kappa shape index (κ3) is 8.78. The Hall–Kier alpha value is -5.88. The van der Waals surface area contributed by atoms with Gasteiger partial charge in [-0.3, -0.25) is 25.1 Å². The van der Waals surface area contributed by atoms with Crippen molar-refractivity contribution in [3.8, 4) is 11.8 Å². The molecule has 2 aromatic carbocycles. The number of hydrazone groups is 1. The first-order valence-electron chi connectivity index (χ1n) is 23.2. The van der Waals surface area contributed by atoms with Crippen LogP contribution in [0.2, 0.25) is 5.02 Å². The highest BCUT2D eigenvalue weighted by Crippen LogP contribution is 2.56. The molecule has 6 heterocycles. The van der Waals surface area contributed by atoms with Gasteiger partial charge in [0.1, 0.15) is 28.8 Å². The summed E-state index contributed by atoms with van der Waals surface area (Å²) in [6, 6.07) is 21.8. The van der Waals surface area contributed by atoms with E-state index in [1.165, 1.54) is 26.6 Å². The number of ether oxygens (including phenoxy) is 2. The van der Waals surface area contributed by atoms with Gasteiger partial charge in [-0.25, -0.2) is 9.97 Å². The number of aryl methyl sites for hydroxylation is 2. The molecule has 3 aromatic heterocycles. The van der Waals surface area contributed by atoms with E-state index in [-0.39, 0.29) is 41.0 Å². The number of benzene rings is 2. The van der Waals surface area contributed by atoms with Crippen LogP contribution in [-0.4, -0.2) is 82.1 Å². The number of carbonyl (C=O) groups is 1. The standard InChI is InChI=1S/C52H59ClN10O3S/c1-31-32(2)67-46-43(31)44(58-42(26-38-13-9-10-22-55-38)52(8)61-60-33(3)63(46)52)35-16-14-34(15-17-35)12-11-25-65-39-20-23-62(24-21-39)49-56-29-37(30-57-49)45(64)59-47-50(4,5)48(51(47,6)7)66-40-19-18-36(28-54)41(53)27-40/h9-10,13-19,22,27,29-30,39,42,47-48,61H,11-12,20-21,23-26H2,1-8H3,(H,59,64)/t42-,47?,48?,52?/m0/s1. The molecule has 1 saturated carbocycles. The van der Waals surface area contributed by atoms with Crippen molar-refractivity contribution in [2.24, 2.45) is 20.9 Å². The van der Waals surface area contributed by atoms with E-state index in [0.29, 0.717) is 40.9 Å². The largest absolute Gasteiger partial charge is 0.489 e. The van der Waals surface area contributed by atoms with E-state index in [9.17, 15) is 10.1 Å². The van der Waals surface area contributed by atoms with E-state index >= 15 is 0 Å². The number of carbonyl (C=O) groups excluding carboxylic acids is 1. The van der Waals surface area contributed by atoms with Crippen molar-refractivity contribution in [3.63, 3.8) is 0 Å². The summed E-state index contributed by atoms with van der Waals surface area (Å²) in [4.78, 5) is 38.7. The Morgan fingerprint density at radius 3 is 2.39 bits per heavy atom. The summed E-state index contributed by atoms with van der Waals surface area (Å²) >= 11 is 8.08. The average Bonchev–Trinajstić information content (AvgIpc) is 3.76. The lowest BCUT2D eigenvalue weighted by Gasteiger charge is -2.63. The molecule has 5 aromatic rings. The summed E-state index contributed by atoms with van der Waals surface area (Å²) in [5, 5.41) is 18.7. The van der Waals surface area contributed by atoms with Gasteiger partial charge in [-0.05, 0) is 88.8 Å². The number of amidine groups is 1. The van der Waals surface area contributed by atoms with Gasteiger partial charge < -0.3 is 19.7 Å². The molecule has 9 rings (SSSR count). The minimum absolute atomic E-state index is 0.146. The molecule has 2 N–H and O–H groups in total. The Balaban J connectivity index is 0.759. The van der Waals surface area contributed by atoms with Crippen molar-refractivity contribution < 1.29 is 14.3 Å². The molecular formula is C52H59ClN10O3S. The van der Waals surface area contributed by atoms with E-state index in [4.69, 9.17) is 31.2 Å². The molecule has 0 bridgehead atoms. The normalized spacial score (nSPS) is 22.8. The third-order valence-corrected chi connectivity index (χ3v) is 15.9. The highest BCUT2D eigenvalue weighted by molar-refractivity contribution is 7.17. The summed E-state index contributed by atoms with van der Waals surface area (Å²) in [6.45, 7) is 19.3. The number of fused-ring (bicyclic) bond motifs is 3. The minimum atomic E-state index is -0.543. The molecule has 15 heteroatoms. The van der Waals surface area contributed by atoms with Crippen LogP contribution in [0.3, 0.4) is 0 Å². The molecule has 0 spiro atoms. The Morgan fingerprint density at radius 1 is 0.985 bits per heavy atom. The SMILES string of the molecule is CC1=NNC2(C)[C@H](Cc3ccccn3)N=C(c3ccc(CCCOC4CCN(c5ncc(C(=O)NC6C(C)(C)C(Oc7ccc(C#N)c(Cl)c7)C6(C)C)cn5)CC4)cc3)c3c(sc(C)c3C)N12. The smallest absolute Gasteiger partial charge is 0.254 e. The fourth-order valence-electron chi connectivity index (χ4n) is 10.8. The van der Waals surface area contributed by atoms with E-state index in [0.717, 1.165) is 61.6 Å². The number of aromatic nitrogens is 3. The number of aliphatic imine (C=N–C) groups is 1. The van der Waals surface area contributed by atoms with Gasteiger partial charge in [0, 0.05) is 89.3 Å². The lowest BCUT2D eigenvalue weighted by molar-refractivity contribution is -0.164. The van der Waals surface area contributed by atoms with Crippen molar-refractivity contribution in [1.29, 1.82) is 5.26 Å². The van der Waals surface area contributed by atoms with E-state index in [1.807, 2.05) is 29.7 Å². The van der Waals surface area contributed by atoms with Gasteiger partial charge in [0.05, 0.1) is 34.0 Å². The van der Waals surface area contributed by atoms with Crippen molar-refractivity contribution in [2.75, 3.05) is 29.5 Å². The van der Waals surface area contributed by atoms with Gasteiger partial charge in [0.15, 0.2) is 5.66 Å². The number of nitrogens with one attached hydrogen (secondary N) is 2. The Kier molecular flexibility index (Phi) is 12.6. The topological polar surface area (TPSA) is 153 Å². The second kappa shape index (κ2) is 18.3. The van der Waals surface area contributed by atoms with Crippen molar-refractivity contribution in [2.45, 2.75) is 117 Å². The third-order valence-electron chi connectivity index (χ3n) is 14.3. The van der Waals surface area contributed by atoms with Gasteiger partial charge in [0.2, 0.25) is 5.95 Å². The predicted octanol–water partition coefficient (Wildman–Crippen LogP) is 9.23. The Morgan fingerprint density at radius 2 is 1.72 bits per heavy atom. The number of pyridine rings is 1. The summed E-state index contributed by atoms with van der Waals surface area (Å²) in [5.74, 6) is 1.92. The molecule has 67 heavy (non-hydrogen) atoms. The molecule has 13 nitrogen and oxygen atoms in total. The zero-order chi connectivity index (χ0) is 47.3. The number of thiophene rings is 1. The number of nitriles is 1. The minimum Gasteiger partial charge on any atom is -0.489 e. The highest BCUT2D eigenvalue weighted by atomic mass is 35.5. The number of amides is 1. The van der Waals surface area contributed by atoms with Crippen LogP contribution < -0.4 is 25.3 Å². The van der Waals surface area contributed by atoms with Gasteiger partial charge in [0.25, 0.3) is 5.91 Å². The fourth-order valence-corrected chi connectivity index (χ4v) is 12.3. The van der Waals surface area contributed by atoms with Crippen molar-refractivity contribution in [1.82, 2.24) is 25.7 Å². The number of nitrogens with zero attached hydrogens (tertiary/aromatic N) is 8. The first-order valence-corrected chi connectivity index (χ1v) is 24.4. The van der Waals surface area contributed by atoms with Gasteiger partial charge in [-0.15, -0.1) is 11.3 Å². The lowest BCUT2D eigenvalue weighted by Crippen LogP contribution is -2.74. The van der Waals surface area contributed by atoms with E-state index in [1.54, 1.807) is 30.6 Å². The van der Waals surface area contributed by atoms with Gasteiger partial charge in [-0.1, -0.05) is 69.6 Å². The van der Waals surface area contributed by atoms with Crippen LogP contribution in [0.1, 0.15) is 110 Å². The second-order valence-corrected chi connectivity index (χ2v) is 21.3. The van der Waals surface area contributed by atoms with Gasteiger partial charge in [-0.2, -0.15) is 10.4 Å². The number of hydrogen-bond donors (Lipinski definition) is 2. The van der Waals surface area contributed by atoms with Crippen molar-refractivity contribution >= 4 is 51.3 Å². The molecule has 2 atom stereocenters. The predicted molar refractivity (Wildman–Crippen MR) is 266 cm³/mol. The summed E-state index contributed by atoms with van der Waals surface area (Å²) in [7, 11) is 0. The first-order chi connectivity index (χ1) is 32.1. The van der Waals surface area contributed by atoms with Crippen LogP contribution in [0.15, 0.2) is 89.3 Å². The maximum Gasteiger partial charge on any atom is 0.254 e. The van der Waals surface area contributed by atoms with Crippen LogP contribution in [0.4, 0.5) is 10.9 Å². The van der Waals surface area contributed by atoms with Crippen LogP contribution in [0, 0.1) is 36.0 Å². The maximum atomic E-state index is 13.5. The molecule has 2 fully saturated rings. The highest BCUT2D eigenvalue weighted by Gasteiger charge is 2.64. The van der Waals surface area contributed by atoms with Crippen molar-refractivity contribution in [3.05, 3.63) is 128 Å². The van der Waals surface area contributed by atoms with Crippen LogP contribution in [0.5, 0.6) is 5.75 Å². The molecule has 1 unspecified atom stereocenters. The quantitative estimate of drug-likeness (QED) is 0.109. The zero-order valence-corrected chi connectivity index (χ0v) is 41.1. The zero-order valence-electron chi connectivity index (χ0n) is 39.6. The van der Waals surface area contributed by atoms with E-state index in [2.05, 4.69) is 127 Å². The number of hydrogen-bond acceptors (Lipinski definition) is 13. The summed E-state index contributed by atoms with van der Waals surface area (Å²) in [5.41, 5.74) is 9.82. The van der Waals surface area contributed by atoms with E-state index < -0.39 is 5.66 Å². The molecule has 1 aliphatic carbocycles. The molecule has 348 valence electrons. The number of rotatable bonds is 13. The van der Waals surface area contributed by atoms with Crippen LogP contribution in [-0.2, 0) is 17.6 Å². The lowest BCUT2D eigenvalue weighted by atomic mass is 9.49. The first kappa shape index (κ1) is 46.2. The molecule has 3 aliphatic heterocycles. The molecule has 4 aliphatic rings. The molecule has 1 amide bonds. The van der Waals surface area contributed by atoms with Crippen LogP contribution in [0.25, 0.3) is 0 Å². The monoisotopic (exact) mass is 938 g/mol. The maximum absolute atomic E-state index is 13.5. The van der Waals surface area contributed by atoms with Crippen LogP contribution >= 0.6 is 22.9 Å². The summed E-state index contributed by atoms with van der Waals surface area (Å²) < 4.78 is 12.8. The average molecular weight is 940 g/mol. The Bertz CT molecular complexity index is 2730. The fraction of sp³-hybridized carbons (Fsp3) is 0.442. The Labute approximate surface area is 402 Å². The molecular weight excluding hydrogens is 880 g/mol. The van der Waals surface area contributed by atoms with Gasteiger partial charge >= 0.3 is 0 Å². The number of anilines is 2. The molecule has 1 saturated heterocycles.